The van der Waals surface area contributed by atoms with Crippen molar-refractivity contribution >= 4 is 28.3 Å². The van der Waals surface area contributed by atoms with Crippen molar-refractivity contribution in [3.05, 3.63) is 18.0 Å². The molecule has 1 aromatic rings. The molecule has 152 valence electrons. The number of carbonyl (C=O) groups excluding carboxylic acids is 1. The summed E-state index contributed by atoms with van der Waals surface area (Å²) in [6, 6.07) is 1.47. The molecule has 0 aromatic carbocycles. The molecule has 1 aromatic heterocycles. The molecule has 1 amide bonds. The number of piperidine rings is 1. The Morgan fingerprint density at radius 3 is 2.44 bits per heavy atom. The maximum atomic E-state index is 12.8. The van der Waals surface area contributed by atoms with Gasteiger partial charge in [-0.2, -0.15) is 4.31 Å². The summed E-state index contributed by atoms with van der Waals surface area (Å²) in [4.78, 5) is 17.6. The first kappa shape index (κ1) is 20.6. The highest BCUT2D eigenvalue weighted by molar-refractivity contribution is 7.89. The summed E-state index contributed by atoms with van der Waals surface area (Å²) >= 11 is 0. The minimum atomic E-state index is -3.58. The van der Waals surface area contributed by atoms with Gasteiger partial charge < -0.3 is 19.9 Å². The molecule has 0 radical (unpaired) electrons. The van der Waals surface area contributed by atoms with Gasteiger partial charge in [-0.25, -0.2) is 8.42 Å². The lowest BCUT2D eigenvalue weighted by Crippen LogP contribution is -2.44. The molecule has 3 saturated heterocycles. The van der Waals surface area contributed by atoms with Crippen molar-refractivity contribution in [1.29, 1.82) is 0 Å². The highest BCUT2D eigenvalue weighted by Crippen LogP contribution is 2.37. The Morgan fingerprint density at radius 2 is 1.81 bits per heavy atom. The van der Waals surface area contributed by atoms with E-state index in [4.69, 9.17) is 4.74 Å². The lowest BCUT2D eigenvalue weighted by Gasteiger charge is -2.38. The number of morpholine rings is 1. The molecule has 27 heavy (non-hydrogen) atoms. The van der Waals surface area contributed by atoms with Crippen molar-refractivity contribution in [3.63, 3.8) is 0 Å². The van der Waals surface area contributed by atoms with Crippen LogP contribution in [0.25, 0.3) is 0 Å². The first-order valence-electron chi connectivity index (χ1n) is 9.27. The number of ether oxygens (including phenoxy) is 1. The Bertz CT molecular complexity index is 760. The molecule has 3 aliphatic rings. The minimum Gasteiger partial charge on any atom is -0.379 e. The van der Waals surface area contributed by atoms with Gasteiger partial charge in [-0.1, -0.05) is 0 Å². The fraction of sp³-hybridized carbons (Fsp3) is 0.706. The molecule has 8 nitrogen and oxygen atoms in total. The van der Waals surface area contributed by atoms with Crippen LogP contribution in [0.4, 0.5) is 0 Å². The number of sulfonamides is 1. The van der Waals surface area contributed by atoms with Gasteiger partial charge >= 0.3 is 0 Å². The summed E-state index contributed by atoms with van der Waals surface area (Å²) < 4.78 is 32.0. The van der Waals surface area contributed by atoms with E-state index in [0.717, 1.165) is 39.0 Å². The molecule has 4 rings (SSSR count). The van der Waals surface area contributed by atoms with Gasteiger partial charge in [0.15, 0.2) is 0 Å². The zero-order valence-corrected chi connectivity index (χ0v) is 16.9. The Hall–Kier alpha value is -1.13. The van der Waals surface area contributed by atoms with E-state index in [2.05, 4.69) is 10.3 Å². The number of aromatic nitrogens is 1. The van der Waals surface area contributed by atoms with E-state index < -0.39 is 10.0 Å². The van der Waals surface area contributed by atoms with Crippen LogP contribution in [-0.4, -0.2) is 81.0 Å². The molecular formula is C17H27ClN4O4S. The molecule has 3 aliphatic heterocycles. The summed E-state index contributed by atoms with van der Waals surface area (Å²) in [5.41, 5.74) is 0.689. The predicted molar refractivity (Wildman–Crippen MR) is 103 cm³/mol. The number of halogens is 1. The molecule has 3 fully saturated rings. The maximum absolute atomic E-state index is 12.8. The lowest BCUT2D eigenvalue weighted by molar-refractivity contribution is 0.0602. The Morgan fingerprint density at radius 1 is 1.11 bits per heavy atom. The fourth-order valence-electron chi connectivity index (χ4n) is 4.16. The van der Waals surface area contributed by atoms with Crippen molar-refractivity contribution in [2.24, 2.45) is 5.41 Å². The fourth-order valence-corrected chi connectivity index (χ4v) is 5.56. The highest BCUT2D eigenvalue weighted by atomic mass is 35.5. The molecule has 0 saturated carbocycles. The molecular weight excluding hydrogens is 392 g/mol. The number of H-pyrrole nitrogens is 1. The van der Waals surface area contributed by atoms with Crippen LogP contribution in [0, 0.1) is 5.41 Å². The van der Waals surface area contributed by atoms with Gasteiger partial charge in [-0.05, 0) is 37.3 Å². The monoisotopic (exact) mass is 418 g/mol. The maximum Gasteiger partial charge on any atom is 0.270 e. The standard InChI is InChI=1S/C17H26N4O4S.ClH/c22-16(20-5-2-17(3-6-20)1-4-18-13-17)15-11-14(12-19-15)26(23,24)21-7-9-25-10-8-21;/h11-12,18-19H,1-10,13H2;1H. The van der Waals surface area contributed by atoms with Crippen LogP contribution in [0.1, 0.15) is 29.8 Å². The number of hydrogen-bond acceptors (Lipinski definition) is 5. The third kappa shape index (κ3) is 4.02. The first-order chi connectivity index (χ1) is 12.5. The number of nitrogens with one attached hydrogen (secondary N) is 2. The van der Waals surface area contributed by atoms with E-state index in [9.17, 15) is 13.2 Å². The third-order valence-corrected chi connectivity index (χ3v) is 7.81. The summed E-state index contributed by atoms with van der Waals surface area (Å²) in [6.45, 7) is 5.06. The second-order valence-electron chi connectivity index (χ2n) is 7.48. The van der Waals surface area contributed by atoms with E-state index in [0.29, 0.717) is 37.4 Å². The summed E-state index contributed by atoms with van der Waals surface area (Å²) in [6.07, 6.45) is 4.61. The van der Waals surface area contributed by atoms with Crippen LogP contribution in [0.2, 0.25) is 0 Å². The van der Waals surface area contributed by atoms with Crippen molar-refractivity contribution in [1.82, 2.24) is 19.5 Å². The molecule has 0 atom stereocenters. The SMILES string of the molecule is Cl.O=C(c1cc(S(=O)(=O)N2CCOCC2)c[nH]1)N1CCC2(CCNC2)CC1. The molecule has 0 bridgehead atoms. The third-order valence-electron chi connectivity index (χ3n) is 5.94. The van der Waals surface area contributed by atoms with Crippen molar-refractivity contribution in [2.75, 3.05) is 52.5 Å². The molecule has 10 heteroatoms. The van der Waals surface area contributed by atoms with Crippen LogP contribution in [0.5, 0.6) is 0 Å². The van der Waals surface area contributed by atoms with Crippen LogP contribution in [0.3, 0.4) is 0 Å². The van der Waals surface area contributed by atoms with Crippen LogP contribution in [0.15, 0.2) is 17.2 Å². The van der Waals surface area contributed by atoms with Gasteiger partial charge in [0.1, 0.15) is 10.6 Å². The topological polar surface area (TPSA) is 94.7 Å². The minimum absolute atomic E-state index is 0. The Kier molecular flexibility index (Phi) is 6.17. The molecule has 1 spiro atoms. The number of nitrogens with zero attached hydrogens (tertiary/aromatic N) is 2. The summed E-state index contributed by atoms with van der Waals surface area (Å²) in [5.74, 6) is -0.116. The predicted octanol–water partition coefficient (Wildman–Crippen LogP) is 0.673. The molecule has 4 heterocycles. The number of rotatable bonds is 3. The number of amides is 1. The van der Waals surface area contributed by atoms with Crippen LogP contribution >= 0.6 is 12.4 Å². The number of hydrogen-bond donors (Lipinski definition) is 2. The van der Waals surface area contributed by atoms with Crippen LogP contribution < -0.4 is 5.32 Å². The summed E-state index contributed by atoms with van der Waals surface area (Å²) in [7, 11) is -3.58. The normalized spacial score (nSPS) is 23.3. The smallest absolute Gasteiger partial charge is 0.270 e. The van der Waals surface area contributed by atoms with Gasteiger partial charge in [0.05, 0.1) is 13.2 Å². The van der Waals surface area contributed by atoms with Gasteiger partial charge in [0, 0.05) is 38.9 Å². The van der Waals surface area contributed by atoms with E-state index in [-0.39, 0.29) is 23.2 Å². The second-order valence-corrected chi connectivity index (χ2v) is 9.42. The Labute approximate surface area is 166 Å². The highest BCUT2D eigenvalue weighted by Gasteiger charge is 2.38. The quantitative estimate of drug-likeness (QED) is 0.752. The Balaban J connectivity index is 0.00000210. The molecule has 2 N–H and O–H groups in total. The van der Waals surface area contributed by atoms with Gasteiger partial charge in [0.25, 0.3) is 5.91 Å². The van der Waals surface area contributed by atoms with E-state index in [1.165, 1.54) is 23.0 Å². The van der Waals surface area contributed by atoms with Crippen LogP contribution in [-0.2, 0) is 14.8 Å². The van der Waals surface area contributed by atoms with E-state index in [1.54, 1.807) is 0 Å². The molecule has 0 unspecified atom stereocenters. The summed E-state index contributed by atoms with van der Waals surface area (Å²) in [5, 5.41) is 3.42. The first-order valence-corrected chi connectivity index (χ1v) is 10.7. The largest absolute Gasteiger partial charge is 0.379 e. The number of aromatic amines is 1. The average Bonchev–Trinajstić information content (AvgIpc) is 3.33. The van der Waals surface area contributed by atoms with E-state index >= 15 is 0 Å². The molecule has 0 aliphatic carbocycles. The van der Waals surface area contributed by atoms with Gasteiger partial charge in [-0.15, -0.1) is 12.4 Å². The van der Waals surface area contributed by atoms with Crippen molar-refractivity contribution in [3.8, 4) is 0 Å². The number of carbonyl (C=O) groups is 1. The van der Waals surface area contributed by atoms with Crippen molar-refractivity contribution in [2.45, 2.75) is 24.2 Å². The zero-order chi connectivity index (χ0) is 18.2. The zero-order valence-electron chi connectivity index (χ0n) is 15.3. The van der Waals surface area contributed by atoms with E-state index in [1.807, 2.05) is 4.90 Å². The lowest BCUT2D eigenvalue weighted by atomic mass is 9.78. The van der Waals surface area contributed by atoms with Crippen molar-refractivity contribution < 1.29 is 17.9 Å². The average molecular weight is 419 g/mol. The van der Waals surface area contributed by atoms with Gasteiger partial charge in [0.2, 0.25) is 10.0 Å². The van der Waals surface area contributed by atoms with Gasteiger partial charge in [-0.3, -0.25) is 4.79 Å². The number of likely N-dealkylation sites (tertiary alicyclic amines) is 1. The second kappa shape index (κ2) is 8.08.